The maximum Gasteiger partial charge on any atom is 0.243 e. The molecule has 0 bridgehead atoms. The fourth-order valence-electron chi connectivity index (χ4n) is 2.52. The van der Waals surface area contributed by atoms with Gasteiger partial charge in [-0.2, -0.15) is 0 Å². The molecule has 0 saturated carbocycles. The van der Waals surface area contributed by atoms with Crippen LogP contribution in [0.4, 0.5) is 5.69 Å². The summed E-state index contributed by atoms with van der Waals surface area (Å²) in [4.78, 5) is 29.5. The maximum absolute atomic E-state index is 12.0. The molecule has 1 saturated heterocycles. The first-order valence-electron chi connectivity index (χ1n) is 7.06. The van der Waals surface area contributed by atoms with Crippen molar-refractivity contribution in [2.45, 2.75) is 26.2 Å². The van der Waals surface area contributed by atoms with E-state index >= 15 is 0 Å². The van der Waals surface area contributed by atoms with E-state index in [2.05, 4.69) is 10.3 Å². The van der Waals surface area contributed by atoms with Crippen molar-refractivity contribution < 1.29 is 14.0 Å². The van der Waals surface area contributed by atoms with Gasteiger partial charge in [0.1, 0.15) is 5.52 Å². The number of fused-ring (bicyclic) bond motifs is 1. The summed E-state index contributed by atoms with van der Waals surface area (Å²) in [6.07, 6.45) is 2.41. The molecule has 1 aliphatic heterocycles. The zero-order valence-electron chi connectivity index (χ0n) is 11.9. The number of hydrogen-bond donors (Lipinski definition) is 1. The number of anilines is 1. The van der Waals surface area contributed by atoms with Crippen LogP contribution in [-0.2, 0) is 9.59 Å². The van der Waals surface area contributed by atoms with Crippen molar-refractivity contribution in [3.63, 3.8) is 0 Å². The van der Waals surface area contributed by atoms with Gasteiger partial charge < -0.3 is 14.6 Å². The lowest BCUT2D eigenvalue weighted by Crippen LogP contribution is -2.40. The summed E-state index contributed by atoms with van der Waals surface area (Å²) in [5, 5.41) is 2.79. The highest BCUT2D eigenvalue weighted by Gasteiger charge is 2.20. The van der Waals surface area contributed by atoms with Gasteiger partial charge in [-0.1, -0.05) is 0 Å². The number of nitrogens with one attached hydrogen (secondary N) is 1. The van der Waals surface area contributed by atoms with E-state index in [-0.39, 0.29) is 18.4 Å². The largest absolute Gasteiger partial charge is 0.441 e. The monoisotopic (exact) mass is 287 g/mol. The molecule has 1 aromatic heterocycles. The molecular weight excluding hydrogens is 270 g/mol. The molecule has 21 heavy (non-hydrogen) atoms. The molecule has 2 aromatic rings. The first-order chi connectivity index (χ1) is 10.1. The van der Waals surface area contributed by atoms with Crippen LogP contribution in [0.3, 0.4) is 0 Å². The van der Waals surface area contributed by atoms with Gasteiger partial charge in [-0.15, -0.1) is 0 Å². The zero-order chi connectivity index (χ0) is 14.8. The number of likely N-dealkylation sites (tertiary alicyclic amines) is 1. The number of aromatic nitrogens is 1. The highest BCUT2D eigenvalue weighted by molar-refractivity contribution is 5.95. The van der Waals surface area contributed by atoms with Crippen LogP contribution in [0.5, 0.6) is 0 Å². The Morgan fingerprint density at radius 1 is 1.43 bits per heavy atom. The number of oxazole rings is 1. The molecule has 0 radical (unpaired) electrons. The fraction of sp³-hybridized carbons (Fsp3) is 0.400. The SMILES string of the molecule is Cc1nc2ccc(NC(=O)CN3CCCCC3=O)cc2o1. The summed E-state index contributed by atoms with van der Waals surface area (Å²) in [5.74, 6) is 0.450. The third-order valence-electron chi connectivity index (χ3n) is 3.53. The number of benzene rings is 1. The molecule has 1 aliphatic rings. The minimum atomic E-state index is -0.194. The van der Waals surface area contributed by atoms with E-state index in [1.165, 1.54) is 0 Å². The maximum atomic E-state index is 12.0. The molecule has 2 heterocycles. The van der Waals surface area contributed by atoms with Gasteiger partial charge in [0.05, 0.1) is 6.54 Å². The van der Waals surface area contributed by atoms with Crippen LogP contribution < -0.4 is 5.32 Å². The summed E-state index contributed by atoms with van der Waals surface area (Å²) < 4.78 is 5.43. The van der Waals surface area contributed by atoms with E-state index in [9.17, 15) is 9.59 Å². The number of piperidine rings is 1. The van der Waals surface area contributed by atoms with Crippen molar-refractivity contribution in [3.05, 3.63) is 24.1 Å². The Morgan fingerprint density at radius 2 is 2.29 bits per heavy atom. The molecular formula is C15H17N3O3. The third kappa shape index (κ3) is 3.04. The van der Waals surface area contributed by atoms with Gasteiger partial charge in [0.2, 0.25) is 11.8 Å². The first kappa shape index (κ1) is 13.6. The molecule has 6 heteroatoms. The standard InChI is InChI=1S/C15H17N3O3/c1-10-16-12-6-5-11(8-13(12)21-10)17-14(19)9-18-7-3-2-4-15(18)20/h5-6,8H,2-4,7,9H2,1H3,(H,17,19). The number of amides is 2. The van der Waals surface area contributed by atoms with E-state index in [1.54, 1.807) is 30.0 Å². The molecule has 0 unspecified atom stereocenters. The average Bonchev–Trinajstić information content (AvgIpc) is 2.80. The van der Waals surface area contributed by atoms with Gasteiger partial charge in [0.25, 0.3) is 0 Å². The quantitative estimate of drug-likeness (QED) is 0.938. The van der Waals surface area contributed by atoms with Crippen molar-refractivity contribution in [1.82, 2.24) is 9.88 Å². The lowest BCUT2D eigenvalue weighted by molar-refractivity contribution is -0.136. The lowest BCUT2D eigenvalue weighted by Gasteiger charge is -2.25. The lowest BCUT2D eigenvalue weighted by atomic mass is 10.1. The summed E-state index contributed by atoms with van der Waals surface area (Å²) in [6, 6.07) is 5.32. The van der Waals surface area contributed by atoms with Crippen molar-refractivity contribution in [3.8, 4) is 0 Å². The van der Waals surface area contributed by atoms with Crippen LogP contribution >= 0.6 is 0 Å². The highest BCUT2D eigenvalue weighted by atomic mass is 16.3. The van der Waals surface area contributed by atoms with E-state index in [1.807, 2.05) is 0 Å². The van der Waals surface area contributed by atoms with Gasteiger partial charge in [0.15, 0.2) is 11.5 Å². The Bertz CT molecular complexity index is 693. The van der Waals surface area contributed by atoms with Crippen molar-refractivity contribution in [2.24, 2.45) is 0 Å². The summed E-state index contributed by atoms with van der Waals surface area (Å²) in [5.41, 5.74) is 2.05. The Kier molecular flexibility index (Phi) is 3.60. The number of nitrogens with zero attached hydrogens (tertiary/aromatic N) is 2. The second-order valence-corrected chi connectivity index (χ2v) is 5.24. The van der Waals surface area contributed by atoms with E-state index in [4.69, 9.17) is 4.42 Å². The summed E-state index contributed by atoms with van der Waals surface area (Å²) in [6.45, 7) is 2.54. The molecule has 0 atom stereocenters. The molecule has 0 spiro atoms. The van der Waals surface area contributed by atoms with Crippen LogP contribution in [0.25, 0.3) is 11.1 Å². The number of aryl methyl sites for hydroxylation is 1. The Balaban J connectivity index is 1.66. The van der Waals surface area contributed by atoms with Crippen molar-refractivity contribution >= 4 is 28.6 Å². The third-order valence-corrected chi connectivity index (χ3v) is 3.53. The number of carbonyl (C=O) groups is 2. The predicted molar refractivity (Wildman–Crippen MR) is 77.8 cm³/mol. The normalized spacial score (nSPS) is 15.5. The van der Waals surface area contributed by atoms with Crippen LogP contribution in [0.15, 0.2) is 22.6 Å². The van der Waals surface area contributed by atoms with Gasteiger partial charge in [-0.05, 0) is 25.0 Å². The molecule has 110 valence electrons. The second-order valence-electron chi connectivity index (χ2n) is 5.24. The summed E-state index contributed by atoms with van der Waals surface area (Å²) >= 11 is 0. The van der Waals surface area contributed by atoms with Crippen LogP contribution in [0.1, 0.15) is 25.2 Å². The number of rotatable bonds is 3. The minimum Gasteiger partial charge on any atom is -0.441 e. The number of carbonyl (C=O) groups excluding carboxylic acids is 2. The van der Waals surface area contributed by atoms with Crippen molar-refractivity contribution in [2.75, 3.05) is 18.4 Å². The van der Waals surface area contributed by atoms with Gasteiger partial charge >= 0.3 is 0 Å². The second kappa shape index (κ2) is 5.55. The summed E-state index contributed by atoms with van der Waals surface area (Å²) in [7, 11) is 0. The smallest absolute Gasteiger partial charge is 0.243 e. The molecule has 1 aromatic carbocycles. The number of hydrogen-bond acceptors (Lipinski definition) is 4. The first-order valence-corrected chi connectivity index (χ1v) is 7.06. The average molecular weight is 287 g/mol. The molecule has 3 rings (SSSR count). The molecule has 0 aliphatic carbocycles. The van der Waals surface area contributed by atoms with E-state index in [0.717, 1.165) is 18.4 Å². The Morgan fingerprint density at radius 3 is 3.10 bits per heavy atom. The molecule has 6 nitrogen and oxygen atoms in total. The topological polar surface area (TPSA) is 75.4 Å². The van der Waals surface area contributed by atoms with Gasteiger partial charge in [0, 0.05) is 31.6 Å². The van der Waals surface area contributed by atoms with Gasteiger partial charge in [-0.25, -0.2) is 4.98 Å². The molecule has 1 fully saturated rings. The Labute approximate surface area is 122 Å². The van der Waals surface area contributed by atoms with E-state index < -0.39 is 0 Å². The minimum absolute atomic E-state index is 0.0534. The highest BCUT2D eigenvalue weighted by Crippen LogP contribution is 2.20. The van der Waals surface area contributed by atoms with Crippen LogP contribution in [-0.4, -0.2) is 34.8 Å². The van der Waals surface area contributed by atoms with Crippen molar-refractivity contribution in [1.29, 1.82) is 0 Å². The molecule has 1 N–H and O–H groups in total. The van der Waals surface area contributed by atoms with Gasteiger partial charge in [-0.3, -0.25) is 9.59 Å². The van der Waals surface area contributed by atoms with E-state index in [0.29, 0.717) is 30.1 Å². The Hall–Kier alpha value is -2.37. The van der Waals surface area contributed by atoms with Crippen LogP contribution in [0.2, 0.25) is 0 Å². The van der Waals surface area contributed by atoms with Crippen LogP contribution in [0, 0.1) is 6.92 Å². The fourth-order valence-corrected chi connectivity index (χ4v) is 2.52. The zero-order valence-corrected chi connectivity index (χ0v) is 11.9. The predicted octanol–water partition coefficient (Wildman–Crippen LogP) is 2.09. The molecule has 2 amide bonds.